The zero-order valence-corrected chi connectivity index (χ0v) is 22.7. The number of aliphatic hydroxyl groups excluding tert-OH is 1. The molecule has 0 bridgehead atoms. The molecule has 0 saturated carbocycles. The number of benzene rings is 2. The molecule has 2 rings (SSSR count). The quantitative estimate of drug-likeness (QED) is 0.243. The van der Waals surface area contributed by atoms with Gasteiger partial charge in [-0.05, 0) is 68.8 Å². The lowest BCUT2D eigenvalue weighted by Crippen LogP contribution is -2.29. The van der Waals surface area contributed by atoms with E-state index >= 15 is 0 Å². The number of aliphatic hydroxyl groups is 1. The molecule has 198 valence electrons. The van der Waals surface area contributed by atoms with Crippen molar-refractivity contribution in [1.82, 2.24) is 4.90 Å². The summed E-state index contributed by atoms with van der Waals surface area (Å²) in [6, 6.07) is 12.6. The van der Waals surface area contributed by atoms with E-state index < -0.39 is 0 Å². The van der Waals surface area contributed by atoms with Crippen LogP contribution in [0.1, 0.15) is 56.3 Å². The molecule has 36 heavy (non-hydrogen) atoms. The van der Waals surface area contributed by atoms with Crippen LogP contribution in [0.5, 0.6) is 5.75 Å². The smallest absolute Gasteiger partial charge is 0.127 e. The van der Waals surface area contributed by atoms with E-state index in [-0.39, 0.29) is 19.3 Å². The predicted octanol–water partition coefficient (Wildman–Crippen LogP) is 5.07. The highest BCUT2D eigenvalue weighted by Gasteiger charge is 2.14. The van der Waals surface area contributed by atoms with E-state index in [9.17, 15) is 5.11 Å². The minimum absolute atomic E-state index is 0.0480. The SMILES string of the molecule is CCCCN(CC)CCNc1ccc(C)c(NC(C)c2ccc(OCCO)c(/C(C=NC)=C/N)c2)c1. The molecule has 5 N–H and O–H groups in total. The summed E-state index contributed by atoms with van der Waals surface area (Å²) >= 11 is 0. The summed E-state index contributed by atoms with van der Waals surface area (Å²) in [6.45, 7) is 13.1. The van der Waals surface area contributed by atoms with Crippen LogP contribution in [-0.4, -0.2) is 62.7 Å². The first-order valence-electron chi connectivity index (χ1n) is 13.0. The first kappa shape index (κ1) is 29.2. The molecule has 0 aliphatic heterocycles. The average molecular weight is 496 g/mol. The van der Waals surface area contributed by atoms with Gasteiger partial charge in [0.05, 0.1) is 6.61 Å². The van der Waals surface area contributed by atoms with Gasteiger partial charge in [0.2, 0.25) is 0 Å². The molecule has 0 amide bonds. The topological polar surface area (TPSA) is 95.1 Å². The van der Waals surface area contributed by atoms with Gasteiger partial charge in [-0.1, -0.05) is 32.4 Å². The van der Waals surface area contributed by atoms with E-state index in [1.807, 2.05) is 12.1 Å². The molecule has 0 aliphatic carbocycles. The lowest BCUT2D eigenvalue weighted by molar-refractivity contribution is 0.201. The van der Waals surface area contributed by atoms with Crippen LogP contribution in [-0.2, 0) is 0 Å². The Kier molecular flexibility index (Phi) is 12.9. The molecular weight excluding hydrogens is 450 g/mol. The molecule has 2 aromatic carbocycles. The minimum Gasteiger partial charge on any atom is -0.491 e. The second-order valence-electron chi connectivity index (χ2n) is 8.95. The van der Waals surface area contributed by atoms with Crippen LogP contribution in [0.4, 0.5) is 11.4 Å². The zero-order chi connectivity index (χ0) is 26.3. The molecule has 0 fully saturated rings. The van der Waals surface area contributed by atoms with E-state index in [0.29, 0.717) is 5.75 Å². The predicted molar refractivity (Wildman–Crippen MR) is 154 cm³/mol. The highest BCUT2D eigenvalue weighted by Crippen LogP contribution is 2.31. The van der Waals surface area contributed by atoms with Gasteiger partial charge in [0, 0.05) is 61.1 Å². The van der Waals surface area contributed by atoms with Crippen LogP contribution in [0.2, 0.25) is 0 Å². The number of aryl methyl sites for hydroxylation is 1. The molecule has 7 nitrogen and oxygen atoms in total. The Morgan fingerprint density at radius 3 is 2.67 bits per heavy atom. The van der Waals surface area contributed by atoms with Gasteiger partial charge in [0.15, 0.2) is 0 Å². The number of nitrogens with two attached hydrogens (primary N) is 1. The minimum atomic E-state index is -0.0540. The standard InChI is InChI=1S/C29H45N5O2/c1-6-8-14-34(7-2)15-13-32-26-11-9-22(3)28(19-26)33-23(4)24-10-12-29(36-17-16-35)27(18-24)25(20-30)21-31-5/h9-12,18-21,23,32-33,35H,6-8,13-17,30H2,1-5H3/b25-20+,31-21?. The monoisotopic (exact) mass is 495 g/mol. The average Bonchev–Trinajstić information content (AvgIpc) is 2.89. The summed E-state index contributed by atoms with van der Waals surface area (Å²) in [7, 11) is 1.71. The maximum absolute atomic E-state index is 9.19. The third-order valence-corrected chi connectivity index (χ3v) is 6.25. The molecule has 0 radical (unpaired) electrons. The van der Waals surface area contributed by atoms with Gasteiger partial charge in [0.1, 0.15) is 12.4 Å². The second-order valence-corrected chi connectivity index (χ2v) is 8.95. The molecule has 1 atom stereocenters. The summed E-state index contributed by atoms with van der Waals surface area (Å²) in [4.78, 5) is 6.61. The number of rotatable bonds is 16. The molecule has 0 spiro atoms. The zero-order valence-electron chi connectivity index (χ0n) is 22.7. The van der Waals surface area contributed by atoms with E-state index in [1.54, 1.807) is 13.3 Å². The van der Waals surface area contributed by atoms with Crippen molar-refractivity contribution in [3.05, 3.63) is 59.3 Å². The van der Waals surface area contributed by atoms with Crippen LogP contribution >= 0.6 is 0 Å². The number of nitrogens with zero attached hydrogens (tertiary/aromatic N) is 2. The van der Waals surface area contributed by atoms with Crippen molar-refractivity contribution in [2.24, 2.45) is 10.7 Å². The second kappa shape index (κ2) is 15.9. The lowest BCUT2D eigenvalue weighted by atomic mass is 9.99. The highest BCUT2D eigenvalue weighted by molar-refractivity contribution is 6.10. The number of aliphatic imine (C=N–C) groups is 1. The third-order valence-electron chi connectivity index (χ3n) is 6.25. The maximum Gasteiger partial charge on any atom is 0.127 e. The fourth-order valence-electron chi connectivity index (χ4n) is 4.04. The number of ether oxygens (including phenoxy) is 1. The molecule has 7 heteroatoms. The summed E-state index contributed by atoms with van der Waals surface area (Å²) in [5, 5.41) is 16.4. The van der Waals surface area contributed by atoms with Crippen LogP contribution < -0.4 is 21.1 Å². The first-order valence-corrected chi connectivity index (χ1v) is 13.0. The van der Waals surface area contributed by atoms with Crippen molar-refractivity contribution in [3.8, 4) is 5.75 Å². The van der Waals surface area contributed by atoms with Crippen molar-refractivity contribution in [2.45, 2.75) is 46.6 Å². The Hall–Kier alpha value is -3.03. The summed E-state index contributed by atoms with van der Waals surface area (Å²) in [5.41, 5.74) is 12.0. The van der Waals surface area contributed by atoms with Gasteiger partial charge in [-0.25, -0.2) is 0 Å². The summed E-state index contributed by atoms with van der Waals surface area (Å²) < 4.78 is 5.75. The van der Waals surface area contributed by atoms with Gasteiger partial charge in [-0.3, -0.25) is 4.99 Å². The molecule has 0 aromatic heterocycles. The third kappa shape index (κ3) is 8.88. The van der Waals surface area contributed by atoms with Gasteiger partial charge in [0.25, 0.3) is 0 Å². The van der Waals surface area contributed by atoms with Crippen molar-refractivity contribution in [3.63, 3.8) is 0 Å². The number of allylic oxidation sites excluding steroid dienone is 1. The molecule has 0 heterocycles. The van der Waals surface area contributed by atoms with E-state index in [4.69, 9.17) is 10.5 Å². The van der Waals surface area contributed by atoms with E-state index in [0.717, 1.165) is 54.3 Å². The Morgan fingerprint density at radius 2 is 2.00 bits per heavy atom. The molecule has 2 aromatic rings. The Labute approximate surface area is 217 Å². The van der Waals surface area contributed by atoms with Crippen LogP contribution in [0.25, 0.3) is 5.57 Å². The number of likely N-dealkylation sites (N-methyl/N-ethyl adjacent to an activating group) is 1. The maximum atomic E-state index is 9.19. The molecule has 1 unspecified atom stereocenters. The van der Waals surface area contributed by atoms with E-state index in [1.165, 1.54) is 24.6 Å². The van der Waals surface area contributed by atoms with Gasteiger partial charge >= 0.3 is 0 Å². The van der Waals surface area contributed by atoms with Gasteiger partial charge in [-0.15, -0.1) is 0 Å². The van der Waals surface area contributed by atoms with E-state index in [2.05, 4.69) is 72.5 Å². The number of nitrogens with one attached hydrogen (secondary N) is 2. The van der Waals surface area contributed by atoms with Crippen molar-refractivity contribution in [1.29, 1.82) is 0 Å². The van der Waals surface area contributed by atoms with Crippen LogP contribution in [0.3, 0.4) is 0 Å². The van der Waals surface area contributed by atoms with Crippen molar-refractivity contribution < 1.29 is 9.84 Å². The first-order chi connectivity index (χ1) is 17.5. The Bertz CT molecular complexity index is 990. The highest BCUT2D eigenvalue weighted by atomic mass is 16.5. The van der Waals surface area contributed by atoms with Crippen LogP contribution in [0.15, 0.2) is 47.6 Å². The molecular formula is C29H45N5O2. The molecule has 0 saturated heterocycles. The summed E-state index contributed by atoms with van der Waals surface area (Å²) in [5.74, 6) is 0.666. The van der Waals surface area contributed by atoms with Gasteiger partial charge < -0.3 is 31.1 Å². The number of hydrogen-bond acceptors (Lipinski definition) is 7. The van der Waals surface area contributed by atoms with Gasteiger partial charge in [-0.2, -0.15) is 0 Å². The van der Waals surface area contributed by atoms with Crippen molar-refractivity contribution in [2.75, 3.05) is 57.1 Å². The number of anilines is 2. The fourth-order valence-corrected chi connectivity index (χ4v) is 4.04. The number of unbranched alkanes of at least 4 members (excludes halogenated alkanes) is 1. The normalized spacial score (nSPS) is 12.8. The van der Waals surface area contributed by atoms with Crippen LogP contribution in [0, 0.1) is 6.92 Å². The summed E-state index contributed by atoms with van der Waals surface area (Å²) in [6.07, 6.45) is 5.71. The number of hydrogen-bond donors (Lipinski definition) is 4. The Morgan fingerprint density at radius 1 is 1.19 bits per heavy atom. The van der Waals surface area contributed by atoms with Crippen molar-refractivity contribution >= 4 is 23.2 Å². The fraction of sp³-hybridized carbons (Fsp3) is 0.483. The lowest BCUT2D eigenvalue weighted by Gasteiger charge is -2.22. The largest absolute Gasteiger partial charge is 0.491 e. The molecule has 0 aliphatic rings. The Balaban J connectivity index is 2.16.